The Morgan fingerprint density at radius 3 is 2.47 bits per heavy atom. The third-order valence-corrected chi connectivity index (χ3v) is 5.81. The molecule has 0 unspecified atom stereocenters. The van der Waals surface area contributed by atoms with E-state index in [1.807, 2.05) is 42.5 Å². The average Bonchev–Trinajstić information content (AvgIpc) is 3.00. The molecule has 8 heteroatoms. The maximum absolute atomic E-state index is 12.2. The van der Waals surface area contributed by atoms with Crippen LogP contribution in [0.4, 0.5) is 0 Å². The molecule has 158 valence electrons. The van der Waals surface area contributed by atoms with Crippen molar-refractivity contribution in [1.82, 2.24) is 4.90 Å². The molecule has 1 heterocycles. The molecule has 1 amide bonds. The van der Waals surface area contributed by atoms with Crippen molar-refractivity contribution in [2.24, 2.45) is 0 Å². The lowest BCUT2D eigenvalue weighted by Crippen LogP contribution is -2.22. The highest BCUT2D eigenvalue weighted by Gasteiger charge is 2.28. The molecule has 1 saturated heterocycles. The van der Waals surface area contributed by atoms with Crippen LogP contribution in [0.2, 0.25) is 0 Å². The molecule has 1 fully saturated rings. The summed E-state index contributed by atoms with van der Waals surface area (Å²) in [6.07, 6.45) is 2.51. The zero-order valence-corrected chi connectivity index (χ0v) is 18.7. The molecule has 0 atom stereocenters. The van der Waals surface area contributed by atoms with Gasteiger partial charge >= 0.3 is 0 Å². The second kappa shape index (κ2) is 10.4. The predicted octanol–water partition coefficient (Wildman–Crippen LogP) is 4.38. The number of likely N-dealkylation sites (N-methyl/N-ethyl adjacent to an activating group) is 1. The van der Waals surface area contributed by atoms with E-state index in [-0.39, 0.29) is 5.91 Å². The summed E-state index contributed by atoms with van der Waals surface area (Å²) in [6, 6.07) is 13.0. The smallest absolute Gasteiger partial charge is 0.265 e. The van der Waals surface area contributed by atoms with E-state index in [2.05, 4.69) is 0 Å². The number of carbonyl (C=O) groups excluding carboxylic acids is 1. The van der Waals surface area contributed by atoms with Gasteiger partial charge in [-0.2, -0.15) is 0 Å². The molecule has 0 saturated carbocycles. The van der Waals surface area contributed by atoms with Crippen molar-refractivity contribution in [2.45, 2.75) is 6.42 Å². The second-order valence-corrected chi connectivity index (χ2v) is 8.06. The number of thiocarbonyl (C=S) groups is 1. The van der Waals surface area contributed by atoms with Gasteiger partial charge in [0.2, 0.25) is 0 Å². The summed E-state index contributed by atoms with van der Waals surface area (Å²) in [5, 5.41) is 0. The number of hydrogen-bond acceptors (Lipinski definition) is 7. The van der Waals surface area contributed by atoms with E-state index in [1.165, 1.54) is 16.7 Å². The Morgan fingerprint density at radius 1 is 1.00 bits per heavy atom. The van der Waals surface area contributed by atoms with Gasteiger partial charge in [-0.05, 0) is 35.9 Å². The molecule has 0 N–H and O–H groups in total. The Hall–Kier alpha value is -2.71. The predicted molar refractivity (Wildman–Crippen MR) is 123 cm³/mol. The number of hydrogen-bond donors (Lipinski definition) is 0. The lowest BCUT2D eigenvalue weighted by atomic mass is 10.2. The summed E-state index contributed by atoms with van der Waals surface area (Å²) < 4.78 is 22.7. The van der Waals surface area contributed by atoms with Gasteiger partial charge in [0, 0.05) is 19.5 Å². The van der Waals surface area contributed by atoms with Crippen molar-refractivity contribution >= 4 is 40.3 Å². The van der Waals surface area contributed by atoms with Gasteiger partial charge in [0.1, 0.15) is 15.8 Å². The Morgan fingerprint density at radius 2 is 1.77 bits per heavy atom. The number of methoxy groups -OCH3 is 2. The topological polar surface area (TPSA) is 57.2 Å². The first-order chi connectivity index (χ1) is 14.5. The molecule has 30 heavy (non-hydrogen) atoms. The lowest BCUT2D eigenvalue weighted by Gasteiger charge is -2.12. The van der Waals surface area contributed by atoms with Crippen LogP contribution in [0.15, 0.2) is 47.4 Å². The van der Waals surface area contributed by atoms with Gasteiger partial charge in [0.15, 0.2) is 11.5 Å². The summed E-state index contributed by atoms with van der Waals surface area (Å²) in [5.74, 6) is 2.66. The molecule has 0 radical (unpaired) electrons. The molecule has 2 aromatic carbocycles. The van der Waals surface area contributed by atoms with Gasteiger partial charge in [-0.25, -0.2) is 0 Å². The molecule has 6 nitrogen and oxygen atoms in total. The minimum Gasteiger partial charge on any atom is -0.497 e. The molecular formula is C22H23NO5S2. The molecule has 0 spiro atoms. The normalized spacial score (nSPS) is 14.9. The van der Waals surface area contributed by atoms with Crippen LogP contribution in [0.1, 0.15) is 12.0 Å². The Balaban J connectivity index is 1.54. The van der Waals surface area contributed by atoms with Gasteiger partial charge < -0.3 is 18.9 Å². The number of ether oxygens (including phenoxy) is 4. The van der Waals surface area contributed by atoms with Crippen LogP contribution in [-0.2, 0) is 4.79 Å². The largest absolute Gasteiger partial charge is 0.497 e. The lowest BCUT2D eigenvalue weighted by molar-refractivity contribution is -0.121. The first-order valence-electron chi connectivity index (χ1n) is 9.31. The highest BCUT2D eigenvalue weighted by Crippen LogP contribution is 2.34. The van der Waals surface area contributed by atoms with Crippen LogP contribution < -0.4 is 18.9 Å². The van der Waals surface area contributed by atoms with Crippen molar-refractivity contribution in [3.63, 3.8) is 0 Å². The fourth-order valence-electron chi connectivity index (χ4n) is 2.71. The number of amides is 1. The van der Waals surface area contributed by atoms with Crippen molar-refractivity contribution in [1.29, 1.82) is 0 Å². The fourth-order valence-corrected chi connectivity index (χ4v) is 3.89. The van der Waals surface area contributed by atoms with E-state index in [0.29, 0.717) is 40.4 Å². The molecule has 3 rings (SSSR count). The van der Waals surface area contributed by atoms with Crippen LogP contribution in [0.3, 0.4) is 0 Å². The van der Waals surface area contributed by atoms with Gasteiger partial charge in [-0.1, -0.05) is 36.1 Å². The Bertz CT molecular complexity index is 960. The maximum Gasteiger partial charge on any atom is 0.265 e. The quantitative estimate of drug-likeness (QED) is 0.322. The highest BCUT2D eigenvalue weighted by atomic mass is 32.2. The first-order valence-corrected chi connectivity index (χ1v) is 10.5. The van der Waals surface area contributed by atoms with E-state index in [4.69, 9.17) is 31.2 Å². The summed E-state index contributed by atoms with van der Waals surface area (Å²) >= 11 is 6.45. The summed E-state index contributed by atoms with van der Waals surface area (Å²) in [4.78, 5) is 14.2. The monoisotopic (exact) mass is 445 g/mol. The molecule has 1 aliphatic heterocycles. The molecule has 1 aliphatic rings. The zero-order valence-electron chi connectivity index (χ0n) is 17.0. The Labute approximate surface area is 185 Å². The van der Waals surface area contributed by atoms with E-state index < -0.39 is 0 Å². The van der Waals surface area contributed by atoms with E-state index in [1.54, 1.807) is 27.3 Å². The zero-order chi connectivity index (χ0) is 21.5. The van der Waals surface area contributed by atoms with Gasteiger partial charge in [-0.15, -0.1) is 0 Å². The van der Waals surface area contributed by atoms with Crippen LogP contribution in [0.25, 0.3) is 6.08 Å². The maximum atomic E-state index is 12.2. The molecule has 0 aromatic heterocycles. The number of carbonyl (C=O) groups is 1. The van der Waals surface area contributed by atoms with Gasteiger partial charge in [-0.3, -0.25) is 9.69 Å². The number of rotatable bonds is 9. The second-order valence-electron chi connectivity index (χ2n) is 6.38. The molecular weight excluding hydrogens is 422 g/mol. The molecule has 0 aliphatic carbocycles. The van der Waals surface area contributed by atoms with Crippen LogP contribution >= 0.6 is 24.0 Å². The first kappa shape index (κ1) is 22.0. The SMILES string of the molecule is COc1cccc(OCCCOc2ccc(/C=C3\SC(=S)N(C)C3=O)cc2OC)c1. The fraction of sp³-hybridized carbons (Fsp3) is 0.273. The van der Waals surface area contributed by atoms with Crippen LogP contribution in [0, 0.1) is 0 Å². The minimum absolute atomic E-state index is 0.0969. The van der Waals surface area contributed by atoms with E-state index in [9.17, 15) is 4.79 Å². The third-order valence-electron chi connectivity index (χ3n) is 4.33. The average molecular weight is 446 g/mol. The molecule has 0 bridgehead atoms. The Kier molecular flexibility index (Phi) is 7.59. The summed E-state index contributed by atoms with van der Waals surface area (Å²) in [6.45, 7) is 1.00. The van der Waals surface area contributed by atoms with Crippen LogP contribution in [0.5, 0.6) is 23.0 Å². The number of nitrogens with zero attached hydrogens (tertiary/aromatic N) is 1. The van der Waals surface area contributed by atoms with Crippen molar-refractivity contribution in [3.8, 4) is 23.0 Å². The number of benzene rings is 2. The van der Waals surface area contributed by atoms with Crippen molar-refractivity contribution in [2.75, 3.05) is 34.5 Å². The van der Waals surface area contributed by atoms with Crippen LogP contribution in [-0.4, -0.2) is 49.6 Å². The van der Waals surface area contributed by atoms with Crippen molar-refractivity contribution in [3.05, 3.63) is 52.9 Å². The minimum atomic E-state index is -0.0969. The van der Waals surface area contributed by atoms with E-state index in [0.717, 1.165) is 17.1 Å². The van der Waals surface area contributed by atoms with Gasteiger partial charge in [0.25, 0.3) is 5.91 Å². The highest BCUT2D eigenvalue weighted by molar-refractivity contribution is 8.26. The molecule has 2 aromatic rings. The standard InChI is InChI=1S/C22H23NO5S2/c1-23-21(24)20(30-22(23)29)13-15-8-9-18(19(12-15)26-3)28-11-5-10-27-17-7-4-6-16(14-17)25-2/h4,6-9,12-14H,5,10-11H2,1-3H3/b20-13-. The van der Waals surface area contributed by atoms with E-state index >= 15 is 0 Å². The summed E-state index contributed by atoms with van der Waals surface area (Å²) in [7, 11) is 4.89. The van der Waals surface area contributed by atoms with Crippen molar-refractivity contribution < 1.29 is 23.7 Å². The third kappa shape index (κ3) is 5.46. The number of thioether (sulfide) groups is 1. The summed E-state index contributed by atoms with van der Waals surface area (Å²) in [5.41, 5.74) is 0.842. The van der Waals surface area contributed by atoms with Gasteiger partial charge in [0.05, 0.1) is 32.3 Å².